The molecule has 3 heterocycles. The normalized spacial score (nSPS) is 10.9. The summed E-state index contributed by atoms with van der Waals surface area (Å²) in [5.74, 6) is 0.619. The summed E-state index contributed by atoms with van der Waals surface area (Å²) in [7, 11) is 0. The van der Waals surface area contributed by atoms with E-state index in [1.807, 2.05) is 43.3 Å². The molecule has 0 fully saturated rings. The molecule has 0 saturated heterocycles. The van der Waals surface area contributed by atoms with E-state index in [2.05, 4.69) is 30.6 Å². The van der Waals surface area contributed by atoms with Gasteiger partial charge < -0.3 is 15.1 Å². The summed E-state index contributed by atoms with van der Waals surface area (Å²) < 4.78 is 5.04. The average molecular weight is 445 g/mol. The number of H-pyrrole nitrogens is 1. The fourth-order valence-electron chi connectivity index (χ4n) is 3.22. The second-order valence-electron chi connectivity index (χ2n) is 7.15. The van der Waals surface area contributed by atoms with Gasteiger partial charge >= 0.3 is 5.76 Å². The van der Waals surface area contributed by atoms with Crippen molar-refractivity contribution in [3.05, 3.63) is 88.3 Å². The number of aryl methyl sites for hydroxylation is 1. The van der Waals surface area contributed by atoms with Crippen molar-refractivity contribution in [2.24, 2.45) is 0 Å². The first-order chi connectivity index (χ1) is 15.5. The monoisotopic (exact) mass is 444 g/mol. The molecule has 32 heavy (non-hydrogen) atoms. The number of rotatable bonds is 5. The summed E-state index contributed by atoms with van der Waals surface area (Å²) in [6.07, 6.45) is 3.48. The first kappa shape index (κ1) is 19.8. The number of nitrogens with one attached hydrogen (secondary N) is 3. The van der Waals surface area contributed by atoms with Crippen molar-refractivity contribution < 1.29 is 4.42 Å². The van der Waals surface area contributed by atoms with Crippen molar-refractivity contribution in [1.29, 1.82) is 0 Å². The molecule has 0 radical (unpaired) electrons. The van der Waals surface area contributed by atoms with E-state index in [0.29, 0.717) is 28.0 Å². The van der Waals surface area contributed by atoms with Crippen LogP contribution in [0, 0.1) is 6.92 Å². The van der Waals surface area contributed by atoms with Gasteiger partial charge in [-0.25, -0.2) is 14.8 Å². The SMILES string of the molecule is Cc1cnc(Nc2ccc(-c3ccc(Cl)nc3)cc2)nc1Nc1ccc2oc(=O)[nH]c2c1. The summed E-state index contributed by atoms with van der Waals surface area (Å²) >= 11 is 5.86. The number of halogens is 1. The lowest BCUT2D eigenvalue weighted by atomic mass is 10.1. The van der Waals surface area contributed by atoms with Gasteiger partial charge in [0.05, 0.1) is 5.52 Å². The smallest absolute Gasteiger partial charge is 0.408 e. The maximum Gasteiger partial charge on any atom is 0.417 e. The second kappa shape index (κ2) is 8.16. The molecule has 5 rings (SSSR count). The van der Waals surface area contributed by atoms with Crippen LogP contribution in [0.4, 0.5) is 23.1 Å². The van der Waals surface area contributed by atoms with Gasteiger partial charge in [-0.15, -0.1) is 0 Å². The fourth-order valence-corrected chi connectivity index (χ4v) is 3.33. The minimum absolute atomic E-state index is 0.455. The van der Waals surface area contributed by atoms with Crippen LogP contribution < -0.4 is 16.4 Å². The lowest BCUT2D eigenvalue weighted by Crippen LogP contribution is -2.02. The predicted molar refractivity (Wildman–Crippen MR) is 125 cm³/mol. The number of aromatic nitrogens is 4. The van der Waals surface area contributed by atoms with Crippen molar-refractivity contribution in [2.45, 2.75) is 6.92 Å². The third-order valence-electron chi connectivity index (χ3n) is 4.86. The van der Waals surface area contributed by atoms with Gasteiger partial charge in [-0.05, 0) is 55.0 Å². The Bertz CT molecular complexity index is 1460. The van der Waals surface area contributed by atoms with Crippen LogP contribution >= 0.6 is 11.6 Å². The fraction of sp³-hybridized carbons (Fsp3) is 0.0435. The number of anilines is 4. The Morgan fingerprint density at radius 2 is 1.69 bits per heavy atom. The molecular formula is C23H17ClN6O2. The third-order valence-corrected chi connectivity index (χ3v) is 5.08. The van der Waals surface area contributed by atoms with Gasteiger partial charge in [0.25, 0.3) is 0 Å². The van der Waals surface area contributed by atoms with Crippen molar-refractivity contribution >= 4 is 45.8 Å². The molecule has 158 valence electrons. The van der Waals surface area contributed by atoms with Gasteiger partial charge in [-0.3, -0.25) is 4.98 Å². The summed E-state index contributed by atoms with van der Waals surface area (Å²) in [5, 5.41) is 6.94. The van der Waals surface area contributed by atoms with Gasteiger partial charge in [-0.2, -0.15) is 4.98 Å². The largest absolute Gasteiger partial charge is 0.417 e. The zero-order valence-electron chi connectivity index (χ0n) is 16.9. The Labute approximate surface area is 187 Å². The van der Waals surface area contributed by atoms with Gasteiger partial charge in [-0.1, -0.05) is 23.7 Å². The van der Waals surface area contributed by atoms with Gasteiger partial charge in [0.15, 0.2) is 5.58 Å². The van der Waals surface area contributed by atoms with Crippen LogP contribution in [-0.4, -0.2) is 19.9 Å². The molecule has 5 aromatic rings. The highest BCUT2D eigenvalue weighted by molar-refractivity contribution is 6.29. The minimum Gasteiger partial charge on any atom is -0.408 e. The van der Waals surface area contributed by atoms with Crippen LogP contribution in [0.25, 0.3) is 22.2 Å². The van der Waals surface area contributed by atoms with E-state index >= 15 is 0 Å². The van der Waals surface area contributed by atoms with E-state index in [9.17, 15) is 4.79 Å². The van der Waals surface area contributed by atoms with Crippen molar-refractivity contribution in [1.82, 2.24) is 19.9 Å². The van der Waals surface area contributed by atoms with E-state index < -0.39 is 5.76 Å². The first-order valence-electron chi connectivity index (χ1n) is 9.76. The predicted octanol–water partition coefficient (Wildman–Crippen LogP) is 5.42. The topological polar surface area (TPSA) is 109 Å². The minimum atomic E-state index is -0.486. The van der Waals surface area contributed by atoms with E-state index in [0.717, 1.165) is 28.1 Å². The molecule has 0 unspecified atom stereocenters. The van der Waals surface area contributed by atoms with Crippen LogP contribution in [-0.2, 0) is 0 Å². The van der Waals surface area contributed by atoms with Crippen LogP contribution in [0.5, 0.6) is 0 Å². The highest BCUT2D eigenvalue weighted by atomic mass is 35.5. The third kappa shape index (κ3) is 4.17. The number of benzene rings is 2. The van der Waals surface area contributed by atoms with Gasteiger partial charge in [0, 0.05) is 34.9 Å². The number of fused-ring (bicyclic) bond motifs is 1. The maximum atomic E-state index is 11.4. The number of aromatic amines is 1. The van der Waals surface area contributed by atoms with E-state index in [-0.39, 0.29) is 0 Å². The summed E-state index contributed by atoms with van der Waals surface area (Å²) in [5.41, 5.74) is 5.61. The van der Waals surface area contributed by atoms with Gasteiger partial charge in [0.1, 0.15) is 11.0 Å². The molecule has 3 N–H and O–H groups in total. The molecule has 0 aliphatic heterocycles. The summed E-state index contributed by atoms with van der Waals surface area (Å²) in [6, 6.07) is 16.9. The Hall–Kier alpha value is -4.17. The molecule has 0 atom stereocenters. The molecule has 0 spiro atoms. The summed E-state index contributed by atoms with van der Waals surface area (Å²) in [6.45, 7) is 1.92. The molecule has 0 aliphatic rings. The molecular weight excluding hydrogens is 428 g/mol. The standard InChI is InChI=1S/C23H17ClN6O2/c1-13-11-26-22(28-16-5-2-14(3-6-16)15-4-9-20(24)25-12-15)30-21(13)27-17-7-8-19-18(10-17)29-23(31)32-19/h2-12H,1H3,(H,29,31)(H2,26,27,28,30). The average Bonchev–Trinajstić information content (AvgIpc) is 3.16. The zero-order chi connectivity index (χ0) is 22.1. The van der Waals surface area contributed by atoms with E-state index in [1.165, 1.54) is 0 Å². The van der Waals surface area contributed by atoms with Crippen LogP contribution in [0.3, 0.4) is 0 Å². The van der Waals surface area contributed by atoms with Crippen molar-refractivity contribution in [2.75, 3.05) is 10.6 Å². The zero-order valence-corrected chi connectivity index (χ0v) is 17.6. The molecule has 2 aromatic carbocycles. The number of pyridine rings is 1. The number of nitrogens with zero attached hydrogens (tertiary/aromatic N) is 3. The van der Waals surface area contributed by atoms with Crippen LogP contribution in [0.2, 0.25) is 5.15 Å². The molecule has 0 amide bonds. The van der Waals surface area contributed by atoms with Crippen LogP contribution in [0.1, 0.15) is 5.56 Å². The maximum absolute atomic E-state index is 11.4. The quantitative estimate of drug-likeness (QED) is 0.310. The van der Waals surface area contributed by atoms with E-state index in [4.69, 9.17) is 16.0 Å². The summed E-state index contributed by atoms with van der Waals surface area (Å²) in [4.78, 5) is 27.1. The molecule has 3 aromatic heterocycles. The highest BCUT2D eigenvalue weighted by Crippen LogP contribution is 2.25. The van der Waals surface area contributed by atoms with E-state index in [1.54, 1.807) is 30.6 Å². The highest BCUT2D eigenvalue weighted by Gasteiger charge is 2.08. The number of hydrogen-bond acceptors (Lipinski definition) is 7. The second-order valence-corrected chi connectivity index (χ2v) is 7.53. The lowest BCUT2D eigenvalue weighted by Gasteiger charge is -2.11. The lowest BCUT2D eigenvalue weighted by molar-refractivity contribution is 0.555. The number of hydrogen-bond donors (Lipinski definition) is 3. The molecule has 9 heteroatoms. The number of oxazole rings is 1. The molecule has 0 bridgehead atoms. The Kier molecular flexibility index (Phi) is 5.04. The molecule has 0 saturated carbocycles. The Morgan fingerprint density at radius 3 is 2.47 bits per heavy atom. The van der Waals surface area contributed by atoms with Crippen molar-refractivity contribution in [3.8, 4) is 11.1 Å². The molecule has 8 nitrogen and oxygen atoms in total. The Morgan fingerprint density at radius 1 is 0.906 bits per heavy atom. The van der Waals surface area contributed by atoms with Gasteiger partial charge in [0.2, 0.25) is 5.95 Å². The van der Waals surface area contributed by atoms with Crippen molar-refractivity contribution in [3.63, 3.8) is 0 Å². The van der Waals surface area contributed by atoms with Crippen LogP contribution in [0.15, 0.2) is 76.2 Å². The Balaban J connectivity index is 1.35. The first-order valence-corrected chi connectivity index (χ1v) is 10.1. The molecule has 0 aliphatic carbocycles.